The van der Waals surface area contributed by atoms with Crippen molar-refractivity contribution in [3.8, 4) is 0 Å². The maximum absolute atomic E-state index is 11.3. The van der Waals surface area contributed by atoms with Crippen LogP contribution in [0.15, 0.2) is 24.3 Å². The summed E-state index contributed by atoms with van der Waals surface area (Å²) in [6, 6.07) is 5.75. The zero-order valence-electron chi connectivity index (χ0n) is 9.22. The standard InChI is InChI=1S/C12H13NO4/c14-11(15)12(7-1-2-8-12)9-3-5-10(6-4-9)13(16)17/h3-6H,1-2,7-8H2,(H,14,15)/p-1. The molecule has 0 spiro atoms. The van der Waals surface area contributed by atoms with Crippen LogP contribution in [-0.2, 0) is 10.2 Å². The first-order chi connectivity index (χ1) is 8.06. The maximum Gasteiger partial charge on any atom is 0.269 e. The second kappa shape index (κ2) is 4.16. The zero-order chi connectivity index (χ0) is 12.5. The fraction of sp³-hybridized carbons (Fsp3) is 0.417. The molecule has 0 aliphatic heterocycles. The third kappa shape index (κ3) is 1.88. The van der Waals surface area contributed by atoms with Crippen LogP contribution < -0.4 is 5.11 Å². The second-order valence-electron chi connectivity index (χ2n) is 4.38. The number of nitrogens with zero attached hydrogens (tertiary/aromatic N) is 1. The molecule has 2 rings (SSSR count). The summed E-state index contributed by atoms with van der Waals surface area (Å²) in [5.41, 5.74) is -0.365. The van der Waals surface area contributed by atoms with Gasteiger partial charge in [-0.3, -0.25) is 10.1 Å². The Morgan fingerprint density at radius 3 is 2.12 bits per heavy atom. The molecule has 0 saturated heterocycles. The first-order valence-corrected chi connectivity index (χ1v) is 5.53. The summed E-state index contributed by atoms with van der Waals surface area (Å²) in [4.78, 5) is 21.3. The van der Waals surface area contributed by atoms with Crippen molar-refractivity contribution in [1.82, 2.24) is 0 Å². The van der Waals surface area contributed by atoms with Gasteiger partial charge >= 0.3 is 0 Å². The molecule has 1 aromatic rings. The van der Waals surface area contributed by atoms with E-state index in [2.05, 4.69) is 0 Å². The minimum absolute atomic E-state index is 0.0276. The molecular formula is C12H12NO4-. The molecule has 1 fully saturated rings. The van der Waals surface area contributed by atoms with E-state index >= 15 is 0 Å². The predicted molar refractivity (Wildman–Crippen MR) is 58.2 cm³/mol. The highest BCUT2D eigenvalue weighted by molar-refractivity contribution is 5.80. The van der Waals surface area contributed by atoms with E-state index < -0.39 is 16.3 Å². The van der Waals surface area contributed by atoms with E-state index in [1.54, 1.807) is 0 Å². The third-order valence-electron chi connectivity index (χ3n) is 3.48. The van der Waals surface area contributed by atoms with Gasteiger partial charge < -0.3 is 9.90 Å². The smallest absolute Gasteiger partial charge is 0.269 e. The summed E-state index contributed by atoms with van der Waals surface area (Å²) in [5, 5.41) is 21.8. The number of carbonyl (C=O) groups excluding carboxylic acids is 1. The van der Waals surface area contributed by atoms with E-state index in [1.165, 1.54) is 24.3 Å². The van der Waals surface area contributed by atoms with Crippen molar-refractivity contribution in [3.05, 3.63) is 39.9 Å². The van der Waals surface area contributed by atoms with Crippen LogP contribution >= 0.6 is 0 Å². The molecule has 0 amide bonds. The minimum Gasteiger partial charge on any atom is -0.549 e. The van der Waals surface area contributed by atoms with Crippen LogP contribution in [-0.4, -0.2) is 10.9 Å². The van der Waals surface area contributed by atoms with Crippen molar-refractivity contribution >= 4 is 11.7 Å². The summed E-state index contributed by atoms with van der Waals surface area (Å²) in [6.45, 7) is 0. The summed E-state index contributed by atoms with van der Waals surface area (Å²) >= 11 is 0. The maximum atomic E-state index is 11.3. The lowest BCUT2D eigenvalue weighted by Crippen LogP contribution is -2.43. The van der Waals surface area contributed by atoms with Gasteiger partial charge in [-0.25, -0.2) is 0 Å². The van der Waals surface area contributed by atoms with Gasteiger partial charge in [0.2, 0.25) is 0 Å². The molecule has 0 bridgehead atoms. The van der Waals surface area contributed by atoms with E-state index in [0.29, 0.717) is 18.4 Å². The Hall–Kier alpha value is -1.91. The Morgan fingerprint density at radius 1 is 1.18 bits per heavy atom. The summed E-state index contributed by atoms with van der Waals surface area (Å²) in [7, 11) is 0. The number of carboxylic acids is 1. The molecule has 0 N–H and O–H groups in total. The summed E-state index contributed by atoms with van der Waals surface area (Å²) in [5.74, 6) is -1.08. The predicted octanol–water partition coefficient (Wildman–Crippen LogP) is 1.16. The van der Waals surface area contributed by atoms with Gasteiger partial charge in [0.25, 0.3) is 5.69 Å². The molecule has 1 aromatic carbocycles. The normalized spacial score (nSPS) is 17.9. The Kier molecular flexibility index (Phi) is 2.83. The van der Waals surface area contributed by atoms with Gasteiger partial charge in [0.05, 0.1) is 10.9 Å². The monoisotopic (exact) mass is 234 g/mol. The number of hydrogen-bond donors (Lipinski definition) is 0. The number of hydrogen-bond acceptors (Lipinski definition) is 4. The molecular weight excluding hydrogens is 222 g/mol. The number of carbonyl (C=O) groups is 1. The molecule has 1 saturated carbocycles. The minimum atomic E-state index is -1.08. The van der Waals surface area contributed by atoms with Crippen LogP contribution in [0.3, 0.4) is 0 Å². The molecule has 1 aliphatic rings. The number of aliphatic carboxylic acids is 1. The molecule has 0 aromatic heterocycles. The first kappa shape index (κ1) is 11.6. The van der Waals surface area contributed by atoms with E-state index in [9.17, 15) is 20.0 Å². The van der Waals surface area contributed by atoms with Crippen LogP contribution in [0.1, 0.15) is 31.2 Å². The largest absolute Gasteiger partial charge is 0.549 e. The molecule has 5 heteroatoms. The quantitative estimate of drug-likeness (QED) is 0.580. The molecule has 90 valence electrons. The van der Waals surface area contributed by atoms with Gasteiger partial charge in [0.1, 0.15) is 0 Å². The van der Waals surface area contributed by atoms with Gasteiger partial charge in [-0.1, -0.05) is 25.0 Å². The molecule has 1 aliphatic carbocycles. The highest BCUT2D eigenvalue weighted by atomic mass is 16.6. The molecule has 0 radical (unpaired) electrons. The average Bonchev–Trinajstić information content (AvgIpc) is 2.79. The highest BCUT2D eigenvalue weighted by Crippen LogP contribution is 2.41. The lowest BCUT2D eigenvalue weighted by atomic mass is 9.79. The van der Waals surface area contributed by atoms with Gasteiger partial charge in [-0.15, -0.1) is 0 Å². The van der Waals surface area contributed by atoms with E-state index in [1.807, 2.05) is 0 Å². The Bertz CT molecular complexity index is 446. The van der Waals surface area contributed by atoms with E-state index in [0.717, 1.165) is 12.8 Å². The van der Waals surface area contributed by atoms with Crippen LogP contribution in [0, 0.1) is 10.1 Å². The first-order valence-electron chi connectivity index (χ1n) is 5.53. The van der Waals surface area contributed by atoms with Crippen molar-refractivity contribution in [2.45, 2.75) is 31.1 Å². The van der Waals surface area contributed by atoms with E-state index in [4.69, 9.17) is 0 Å². The number of nitro groups is 1. The Balaban J connectivity index is 2.38. The Morgan fingerprint density at radius 2 is 1.71 bits per heavy atom. The fourth-order valence-electron chi connectivity index (χ4n) is 2.49. The fourth-order valence-corrected chi connectivity index (χ4v) is 2.49. The molecule has 17 heavy (non-hydrogen) atoms. The molecule has 0 atom stereocenters. The Labute approximate surface area is 98.2 Å². The third-order valence-corrected chi connectivity index (χ3v) is 3.48. The van der Waals surface area contributed by atoms with Crippen LogP contribution in [0.4, 0.5) is 5.69 Å². The van der Waals surface area contributed by atoms with Crippen LogP contribution in [0.2, 0.25) is 0 Å². The van der Waals surface area contributed by atoms with Crippen LogP contribution in [0.5, 0.6) is 0 Å². The highest BCUT2D eigenvalue weighted by Gasteiger charge is 2.37. The van der Waals surface area contributed by atoms with Gasteiger partial charge in [0, 0.05) is 17.5 Å². The van der Waals surface area contributed by atoms with Crippen LogP contribution in [0.25, 0.3) is 0 Å². The van der Waals surface area contributed by atoms with Gasteiger partial charge in [-0.05, 0) is 18.4 Å². The van der Waals surface area contributed by atoms with Gasteiger partial charge in [-0.2, -0.15) is 0 Å². The second-order valence-corrected chi connectivity index (χ2v) is 4.38. The summed E-state index contributed by atoms with van der Waals surface area (Å²) in [6.07, 6.45) is 2.80. The zero-order valence-corrected chi connectivity index (χ0v) is 9.22. The summed E-state index contributed by atoms with van der Waals surface area (Å²) < 4.78 is 0. The van der Waals surface area contributed by atoms with Gasteiger partial charge in [0.15, 0.2) is 0 Å². The number of nitro benzene ring substituents is 1. The van der Waals surface area contributed by atoms with Crippen molar-refractivity contribution in [1.29, 1.82) is 0 Å². The number of carboxylic acid groups (broad SMARTS) is 1. The lowest BCUT2D eigenvalue weighted by molar-refractivity contribution is -0.384. The average molecular weight is 234 g/mol. The number of benzene rings is 1. The topological polar surface area (TPSA) is 83.3 Å². The SMILES string of the molecule is O=C([O-])C1(c2ccc([N+](=O)[O-])cc2)CCCC1. The van der Waals surface area contributed by atoms with Crippen molar-refractivity contribution < 1.29 is 14.8 Å². The molecule has 0 unspecified atom stereocenters. The van der Waals surface area contributed by atoms with Crippen molar-refractivity contribution in [2.24, 2.45) is 0 Å². The van der Waals surface area contributed by atoms with E-state index in [-0.39, 0.29) is 5.69 Å². The number of rotatable bonds is 3. The molecule has 0 heterocycles. The molecule has 5 nitrogen and oxygen atoms in total. The van der Waals surface area contributed by atoms with Crippen molar-refractivity contribution in [3.63, 3.8) is 0 Å². The lowest BCUT2D eigenvalue weighted by Gasteiger charge is -2.30. The number of non-ortho nitro benzene ring substituents is 1. The van der Waals surface area contributed by atoms with Crippen molar-refractivity contribution in [2.75, 3.05) is 0 Å².